The van der Waals surface area contributed by atoms with Gasteiger partial charge in [0.05, 0.1) is 0 Å². The molecule has 0 bridgehead atoms. The summed E-state index contributed by atoms with van der Waals surface area (Å²) in [5, 5.41) is 9.34. The van der Waals surface area contributed by atoms with Gasteiger partial charge in [0.25, 0.3) is 0 Å². The molecule has 1 aromatic heterocycles. The number of H-pyrrole nitrogens is 1. The molecule has 0 spiro atoms. The summed E-state index contributed by atoms with van der Waals surface area (Å²) >= 11 is 0. The van der Waals surface area contributed by atoms with Gasteiger partial charge in [0.15, 0.2) is 0 Å². The first-order valence-corrected chi connectivity index (χ1v) is 5.46. The van der Waals surface area contributed by atoms with E-state index >= 15 is 0 Å². The van der Waals surface area contributed by atoms with Gasteiger partial charge in [0, 0.05) is 5.92 Å². The molecule has 2 N–H and O–H groups in total. The van der Waals surface area contributed by atoms with E-state index in [1.807, 2.05) is 0 Å². The van der Waals surface area contributed by atoms with Crippen LogP contribution >= 0.6 is 0 Å². The molecule has 0 unspecified atom stereocenters. The molecule has 0 aliphatic heterocycles. The van der Waals surface area contributed by atoms with Crippen molar-refractivity contribution in [2.75, 3.05) is 5.32 Å². The lowest BCUT2D eigenvalue weighted by Crippen LogP contribution is -2.18. The van der Waals surface area contributed by atoms with E-state index in [1.165, 1.54) is 0 Å². The third-order valence-electron chi connectivity index (χ3n) is 4.12. The zero-order valence-electron chi connectivity index (χ0n) is 10.4. The third-order valence-corrected chi connectivity index (χ3v) is 4.12. The van der Waals surface area contributed by atoms with Crippen LogP contribution in [0.25, 0.3) is 0 Å². The molecule has 5 heteroatoms. The van der Waals surface area contributed by atoms with E-state index in [1.54, 1.807) is 6.92 Å². The van der Waals surface area contributed by atoms with Gasteiger partial charge in [0.2, 0.25) is 11.9 Å². The van der Waals surface area contributed by atoms with Gasteiger partial charge in [-0.15, -0.1) is 5.10 Å². The topological polar surface area (TPSA) is 70.7 Å². The molecule has 5 nitrogen and oxygen atoms in total. The third kappa shape index (κ3) is 1.42. The zero-order valence-corrected chi connectivity index (χ0v) is 10.4. The molecule has 2 rings (SSSR count). The average molecular weight is 222 g/mol. The van der Waals surface area contributed by atoms with Crippen LogP contribution in [0.2, 0.25) is 0 Å². The smallest absolute Gasteiger partial charge is 0.248 e. The van der Waals surface area contributed by atoms with Crippen molar-refractivity contribution < 1.29 is 4.79 Å². The molecule has 1 saturated carbocycles. The van der Waals surface area contributed by atoms with Gasteiger partial charge in [-0.3, -0.25) is 15.2 Å². The van der Waals surface area contributed by atoms with Crippen molar-refractivity contribution in [3.05, 3.63) is 5.82 Å². The number of aromatic nitrogens is 3. The second-order valence-corrected chi connectivity index (χ2v) is 5.61. The molecule has 1 heterocycles. The number of nitrogens with zero attached hydrogens (tertiary/aromatic N) is 2. The van der Waals surface area contributed by atoms with Gasteiger partial charge in [-0.2, -0.15) is 4.98 Å². The number of rotatable bonds is 2. The van der Waals surface area contributed by atoms with Gasteiger partial charge >= 0.3 is 0 Å². The van der Waals surface area contributed by atoms with E-state index in [0.29, 0.717) is 11.8 Å². The Morgan fingerprint density at radius 2 is 1.88 bits per heavy atom. The summed E-state index contributed by atoms with van der Waals surface area (Å²) in [5.74, 6) is 1.10. The number of carbonyl (C=O) groups is 1. The number of hydrogen-bond acceptors (Lipinski definition) is 3. The van der Waals surface area contributed by atoms with Gasteiger partial charge in [-0.05, 0) is 17.8 Å². The van der Waals surface area contributed by atoms with Crippen molar-refractivity contribution in [2.45, 2.75) is 34.6 Å². The predicted molar refractivity (Wildman–Crippen MR) is 60.8 cm³/mol. The minimum absolute atomic E-state index is 0.00833. The Balaban J connectivity index is 2.06. The summed E-state index contributed by atoms with van der Waals surface area (Å²) in [6.07, 6.45) is 0. The summed E-state index contributed by atoms with van der Waals surface area (Å²) in [5.41, 5.74) is 0.0882. The molecule has 0 atom stereocenters. The summed E-state index contributed by atoms with van der Waals surface area (Å²) in [4.78, 5) is 16.1. The number of amides is 1. The second-order valence-electron chi connectivity index (χ2n) is 5.61. The normalized spacial score (nSPS) is 21.8. The number of nitrogens with one attached hydrogen (secondary N) is 2. The van der Waals surface area contributed by atoms with Crippen molar-refractivity contribution in [3.63, 3.8) is 0 Å². The molecule has 88 valence electrons. The number of aromatic amines is 1. The minimum atomic E-state index is 0.00833. The van der Waals surface area contributed by atoms with E-state index in [2.05, 4.69) is 48.2 Å². The zero-order chi connectivity index (χ0) is 12.1. The highest BCUT2D eigenvalue weighted by Gasteiger charge is 2.68. The minimum Gasteiger partial charge on any atom is -0.293 e. The van der Waals surface area contributed by atoms with Gasteiger partial charge in [0.1, 0.15) is 5.82 Å². The summed E-state index contributed by atoms with van der Waals surface area (Å²) in [6.45, 7) is 10.2. The van der Waals surface area contributed by atoms with E-state index < -0.39 is 0 Å². The standard InChI is InChI=1S/C11H18N4O/c1-6-12-9(15-14-6)13-8(16)7-10(2,3)11(7,4)5/h7H,1-5H3,(H2,12,13,14,15,16). The van der Waals surface area contributed by atoms with Crippen LogP contribution in [-0.4, -0.2) is 21.1 Å². The maximum atomic E-state index is 12.0. The average Bonchev–Trinajstić information content (AvgIpc) is 2.44. The van der Waals surface area contributed by atoms with Crippen LogP contribution in [0.1, 0.15) is 33.5 Å². The largest absolute Gasteiger partial charge is 0.293 e. The van der Waals surface area contributed by atoms with Crippen LogP contribution < -0.4 is 5.32 Å². The lowest BCUT2D eigenvalue weighted by molar-refractivity contribution is -0.118. The van der Waals surface area contributed by atoms with E-state index in [-0.39, 0.29) is 22.7 Å². The van der Waals surface area contributed by atoms with Crippen LogP contribution in [0.5, 0.6) is 0 Å². The Morgan fingerprint density at radius 3 is 2.25 bits per heavy atom. The fourth-order valence-electron chi connectivity index (χ4n) is 2.43. The first kappa shape index (κ1) is 11.1. The highest BCUT2D eigenvalue weighted by molar-refractivity contribution is 5.94. The first-order chi connectivity index (χ1) is 7.26. The lowest BCUT2D eigenvalue weighted by Gasteiger charge is -2.03. The lowest BCUT2D eigenvalue weighted by atomic mass is 10.0. The van der Waals surface area contributed by atoms with E-state index in [0.717, 1.165) is 0 Å². The highest BCUT2D eigenvalue weighted by Crippen LogP contribution is 2.68. The molecule has 1 fully saturated rings. The highest BCUT2D eigenvalue weighted by atomic mass is 16.2. The number of carbonyl (C=O) groups excluding carboxylic acids is 1. The van der Waals surface area contributed by atoms with Crippen LogP contribution in [-0.2, 0) is 4.79 Å². The second kappa shape index (κ2) is 3.06. The molecule has 16 heavy (non-hydrogen) atoms. The number of anilines is 1. The molecule has 1 aromatic rings. The quantitative estimate of drug-likeness (QED) is 0.800. The molecular weight excluding hydrogens is 204 g/mol. The number of aryl methyl sites for hydroxylation is 1. The molecule has 0 radical (unpaired) electrons. The summed E-state index contributed by atoms with van der Waals surface area (Å²) in [6, 6.07) is 0. The Morgan fingerprint density at radius 1 is 1.31 bits per heavy atom. The molecule has 0 aromatic carbocycles. The van der Waals surface area contributed by atoms with Crippen molar-refractivity contribution in [2.24, 2.45) is 16.7 Å². The van der Waals surface area contributed by atoms with E-state index in [4.69, 9.17) is 0 Å². The molecule has 1 amide bonds. The van der Waals surface area contributed by atoms with E-state index in [9.17, 15) is 4.79 Å². The maximum absolute atomic E-state index is 12.0. The summed E-state index contributed by atoms with van der Waals surface area (Å²) in [7, 11) is 0. The van der Waals surface area contributed by atoms with Crippen molar-refractivity contribution >= 4 is 11.9 Å². The fraction of sp³-hybridized carbons (Fsp3) is 0.727. The predicted octanol–water partition coefficient (Wildman–Crippen LogP) is 1.73. The number of hydrogen-bond donors (Lipinski definition) is 2. The Labute approximate surface area is 95.0 Å². The molecule has 0 saturated heterocycles. The van der Waals surface area contributed by atoms with Crippen molar-refractivity contribution in [1.82, 2.24) is 15.2 Å². The van der Waals surface area contributed by atoms with Gasteiger partial charge < -0.3 is 0 Å². The monoisotopic (exact) mass is 222 g/mol. The SMILES string of the molecule is Cc1nc(NC(=O)C2C(C)(C)C2(C)C)n[nH]1. The van der Waals surface area contributed by atoms with Crippen LogP contribution in [0.4, 0.5) is 5.95 Å². The maximum Gasteiger partial charge on any atom is 0.248 e. The first-order valence-electron chi connectivity index (χ1n) is 5.46. The van der Waals surface area contributed by atoms with Crippen molar-refractivity contribution in [3.8, 4) is 0 Å². The Hall–Kier alpha value is -1.39. The van der Waals surface area contributed by atoms with Crippen LogP contribution in [0, 0.1) is 23.7 Å². The van der Waals surface area contributed by atoms with Crippen molar-refractivity contribution in [1.29, 1.82) is 0 Å². The van der Waals surface area contributed by atoms with Gasteiger partial charge in [-0.25, -0.2) is 0 Å². The Kier molecular flexibility index (Phi) is 2.12. The molecule has 1 aliphatic rings. The Bertz CT molecular complexity index is 419. The fourth-order valence-corrected chi connectivity index (χ4v) is 2.43. The van der Waals surface area contributed by atoms with Crippen LogP contribution in [0.3, 0.4) is 0 Å². The van der Waals surface area contributed by atoms with Crippen LogP contribution in [0.15, 0.2) is 0 Å². The molecule has 1 aliphatic carbocycles. The summed E-state index contributed by atoms with van der Waals surface area (Å²) < 4.78 is 0. The van der Waals surface area contributed by atoms with Gasteiger partial charge in [-0.1, -0.05) is 27.7 Å². The molecular formula is C11H18N4O.